The highest BCUT2D eigenvalue weighted by Crippen LogP contribution is 2.37. The van der Waals surface area contributed by atoms with Crippen molar-refractivity contribution in [1.29, 1.82) is 0 Å². The van der Waals surface area contributed by atoms with Gasteiger partial charge in [0.1, 0.15) is 6.10 Å². The van der Waals surface area contributed by atoms with Crippen molar-refractivity contribution in [3.05, 3.63) is 69.2 Å². The van der Waals surface area contributed by atoms with E-state index in [4.69, 9.17) is 4.74 Å². The lowest BCUT2D eigenvalue weighted by Gasteiger charge is -2.12. The molecule has 18 heavy (non-hydrogen) atoms. The quantitative estimate of drug-likeness (QED) is 0.786. The molecule has 0 amide bonds. The number of hydrogen-bond acceptors (Lipinski definition) is 1. The van der Waals surface area contributed by atoms with Crippen LogP contribution < -0.4 is 0 Å². The molecule has 1 aliphatic rings. The molecule has 92 valence electrons. The molecule has 2 heteroatoms. The maximum atomic E-state index is 5.92. The van der Waals surface area contributed by atoms with Gasteiger partial charge in [0.25, 0.3) is 0 Å². The van der Waals surface area contributed by atoms with Crippen molar-refractivity contribution in [2.24, 2.45) is 0 Å². The van der Waals surface area contributed by atoms with Gasteiger partial charge in [-0.05, 0) is 40.8 Å². The third kappa shape index (κ3) is 2.11. The molecule has 1 aliphatic heterocycles. The summed E-state index contributed by atoms with van der Waals surface area (Å²) in [6.45, 7) is 2.89. The van der Waals surface area contributed by atoms with Crippen molar-refractivity contribution < 1.29 is 4.74 Å². The zero-order chi connectivity index (χ0) is 12.5. The summed E-state index contributed by atoms with van der Waals surface area (Å²) in [5.74, 6) is 0. The summed E-state index contributed by atoms with van der Waals surface area (Å²) < 4.78 is 7.03. The Morgan fingerprint density at radius 3 is 2.67 bits per heavy atom. The number of rotatable bonds is 2. The highest BCUT2D eigenvalue weighted by atomic mass is 79.9. The van der Waals surface area contributed by atoms with Gasteiger partial charge in [0.15, 0.2) is 0 Å². The smallest absolute Gasteiger partial charge is 0.108 e. The van der Waals surface area contributed by atoms with Crippen molar-refractivity contribution in [3.8, 4) is 0 Å². The monoisotopic (exact) mass is 302 g/mol. The lowest BCUT2D eigenvalue weighted by atomic mass is 9.98. The van der Waals surface area contributed by atoms with E-state index in [1.807, 2.05) is 0 Å². The fraction of sp³-hybridized carbons (Fsp3) is 0.250. The van der Waals surface area contributed by atoms with Gasteiger partial charge < -0.3 is 4.74 Å². The Balaban J connectivity index is 1.97. The van der Waals surface area contributed by atoms with Crippen LogP contribution in [0.2, 0.25) is 0 Å². The van der Waals surface area contributed by atoms with Gasteiger partial charge >= 0.3 is 0 Å². The molecule has 0 bridgehead atoms. The van der Waals surface area contributed by atoms with Crippen LogP contribution in [0, 0.1) is 0 Å². The SMILES string of the molecule is CCc1ccc(C2OCc3ccc(Br)cc32)cc1. The second-order valence-corrected chi connectivity index (χ2v) is 5.54. The molecule has 0 spiro atoms. The summed E-state index contributed by atoms with van der Waals surface area (Å²) in [6, 6.07) is 15.1. The van der Waals surface area contributed by atoms with Gasteiger partial charge in [0.05, 0.1) is 6.61 Å². The lowest BCUT2D eigenvalue weighted by molar-refractivity contribution is 0.0939. The number of aryl methyl sites for hydroxylation is 1. The van der Waals surface area contributed by atoms with Crippen LogP contribution in [0.25, 0.3) is 0 Å². The third-order valence-electron chi connectivity index (χ3n) is 3.49. The van der Waals surface area contributed by atoms with Crippen molar-refractivity contribution >= 4 is 15.9 Å². The summed E-state index contributed by atoms with van der Waals surface area (Å²) in [5, 5.41) is 0. The summed E-state index contributed by atoms with van der Waals surface area (Å²) in [7, 11) is 0. The highest BCUT2D eigenvalue weighted by molar-refractivity contribution is 9.10. The Morgan fingerprint density at radius 2 is 1.94 bits per heavy atom. The Hall–Kier alpha value is -1.12. The standard InChI is InChI=1S/C16H15BrO/c1-2-11-3-5-12(6-4-11)16-15-9-14(17)8-7-13(15)10-18-16/h3-9,16H,2,10H2,1H3. The number of halogens is 1. The summed E-state index contributed by atoms with van der Waals surface area (Å²) in [5.41, 5.74) is 5.19. The molecule has 0 radical (unpaired) electrons. The van der Waals surface area contributed by atoms with E-state index in [0.717, 1.165) is 10.9 Å². The molecule has 0 N–H and O–H groups in total. The van der Waals surface area contributed by atoms with Crippen LogP contribution in [0.15, 0.2) is 46.9 Å². The number of hydrogen-bond donors (Lipinski definition) is 0. The second kappa shape index (κ2) is 4.87. The van der Waals surface area contributed by atoms with Gasteiger partial charge in [-0.2, -0.15) is 0 Å². The molecule has 1 heterocycles. The Bertz CT molecular complexity index is 560. The van der Waals surface area contributed by atoms with E-state index in [0.29, 0.717) is 6.61 Å². The van der Waals surface area contributed by atoms with E-state index in [1.54, 1.807) is 0 Å². The molecule has 0 aromatic heterocycles. The summed E-state index contributed by atoms with van der Waals surface area (Å²) in [4.78, 5) is 0. The number of ether oxygens (including phenoxy) is 1. The first-order chi connectivity index (χ1) is 8.78. The van der Waals surface area contributed by atoms with E-state index in [9.17, 15) is 0 Å². The minimum atomic E-state index is 0.0865. The van der Waals surface area contributed by atoms with Crippen LogP contribution in [0.1, 0.15) is 35.3 Å². The van der Waals surface area contributed by atoms with E-state index in [-0.39, 0.29) is 6.10 Å². The van der Waals surface area contributed by atoms with Crippen molar-refractivity contribution in [2.45, 2.75) is 26.1 Å². The molecule has 0 saturated carbocycles. The van der Waals surface area contributed by atoms with Gasteiger partial charge in [-0.1, -0.05) is 53.2 Å². The second-order valence-electron chi connectivity index (χ2n) is 4.63. The first-order valence-electron chi connectivity index (χ1n) is 6.26. The maximum absolute atomic E-state index is 5.92. The van der Waals surface area contributed by atoms with Gasteiger partial charge in [0, 0.05) is 4.47 Å². The number of fused-ring (bicyclic) bond motifs is 1. The minimum absolute atomic E-state index is 0.0865. The molecule has 0 saturated heterocycles. The van der Waals surface area contributed by atoms with Crippen LogP contribution in [0.5, 0.6) is 0 Å². The molecule has 2 aromatic carbocycles. The molecule has 1 unspecified atom stereocenters. The predicted octanol–water partition coefficient (Wildman–Crippen LogP) is 4.63. The average Bonchev–Trinajstić information content (AvgIpc) is 2.82. The molecular weight excluding hydrogens is 288 g/mol. The van der Waals surface area contributed by atoms with Gasteiger partial charge in [-0.3, -0.25) is 0 Å². The van der Waals surface area contributed by atoms with Crippen LogP contribution in [-0.4, -0.2) is 0 Å². The maximum Gasteiger partial charge on any atom is 0.108 e. The zero-order valence-corrected chi connectivity index (χ0v) is 11.9. The van der Waals surface area contributed by atoms with E-state index >= 15 is 0 Å². The third-order valence-corrected chi connectivity index (χ3v) is 3.98. The molecule has 1 nitrogen and oxygen atoms in total. The lowest BCUT2D eigenvalue weighted by Crippen LogP contribution is -1.98. The molecule has 0 fully saturated rings. The molecule has 3 rings (SSSR count). The Kier molecular flexibility index (Phi) is 3.23. The van der Waals surface area contributed by atoms with Crippen LogP contribution >= 0.6 is 15.9 Å². The normalized spacial score (nSPS) is 17.8. The largest absolute Gasteiger partial charge is 0.364 e. The van der Waals surface area contributed by atoms with Crippen LogP contribution in [0.4, 0.5) is 0 Å². The van der Waals surface area contributed by atoms with E-state index in [2.05, 4.69) is 65.3 Å². The molecule has 2 aromatic rings. The van der Waals surface area contributed by atoms with E-state index in [1.165, 1.54) is 22.3 Å². The zero-order valence-electron chi connectivity index (χ0n) is 10.3. The molecule has 1 atom stereocenters. The first-order valence-corrected chi connectivity index (χ1v) is 7.06. The van der Waals surface area contributed by atoms with Crippen LogP contribution in [0.3, 0.4) is 0 Å². The summed E-state index contributed by atoms with van der Waals surface area (Å²) in [6.07, 6.45) is 1.16. The fourth-order valence-corrected chi connectivity index (χ4v) is 2.79. The predicted molar refractivity (Wildman–Crippen MR) is 76.6 cm³/mol. The summed E-state index contributed by atoms with van der Waals surface area (Å²) >= 11 is 3.53. The van der Waals surface area contributed by atoms with Gasteiger partial charge in [-0.25, -0.2) is 0 Å². The van der Waals surface area contributed by atoms with Gasteiger partial charge in [-0.15, -0.1) is 0 Å². The topological polar surface area (TPSA) is 9.23 Å². The fourth-order valence-electron chi connectivity index (χ4n) is 2.41. The van der Waals surface area contributed by atoms with E-state index < -0.39 is 0 Å². The number of benzene rings is 2. The average molecular weight is 303 g/mol. The Labute approximate surface area is 116 Å². The molecular formula is C16H15BrO. The highest BCUT2D eigenvalue weighted by Gasteiger charge is 2.24. The van der Waals surface area contributed by atoms with Crippen LogP contribution in [-0.2, 0) is 17.8 Å². The first kappa shape index (κ1) is 11.9. The Morgan fingerprint density at radius 1 is 1.17 bits per heavy atom. The van der Waals surface area contributed by atoms with Gasteiger partial charge in [0.2, 0.25) is 0 Å². The molecule has 0 aliphatic carbocycles. The van der Waals surface area contributed by atoms with Crippen molar-refractivity contribution in [2.75, 3.05) is 0 Å². The minimum Gasteiger partial charge on any atom is -0.364 e. The van der Waals surface area contributed by atoms with Crippen molar-refractivity contribution in [3.63, 3.8) is 0 Å². The van der Waals surface area contributed by atoms with Crippen molar-refractivity contribution in [1.82, 2.24) is 0 Å².